The third-order valence-electron chi connectivity index (χ3n) is 8.09. The molecule has 1 aliphatic heterocycles. The number of amides is 4. The highest BCUT2D eigenvalue weighted by atomic mass is 16.2. The molecule has 7 heteroatoms. The quantitative estimate of drug-likeness (QED) is 0.585. The van der Waals surface area contributed by atoms with Crippen molar-refractivity contribution in [2.24, 2.45) is 21.8 Å². The molecule has 148 valence electrons. The van der Waals surface area contributed by atoms with Crippen LogP contribution in [0.25, 0.3) is 0 Å². The van der Waals surface area contributed by atoms with Crippen molar-refractivity contribution in [2.75, 3.05) is 6.54 Å². The van der Waals surface area contributed by atoms with Crippen LogP contribution in [-0.2, 0) is 9.59 Å². The van der Waals surface area contributed by atoms with Crippen molar-refractivity contribution in [2.45, 2.75) is 77.7 Å². The average molecular weight is 374 g/mol. The van der Waals surface area contributed by atoms with E-state index in [-0.39, 0.29) is 41.6 Å². The van der Waals surface area contributed by atoms with E-state index in [2.05, 4.69) is 36.6 Å². The minimum atomic E-state index is -0.711. The lowest BCUT2D eigenvalue weighted by Gasteiger charge is -2.34. The number of hydrazone groups is 1. The van der Waals surface area contributed by atoms with Gasteiger partial charge in [0.1, 0.15) is 5.54 Å². The van der Waals surface area contributed by atoms with Crippen LogP contribution in [0.3, 0.4) is 0 Å². The van der Waals surface area contributed by atoms with Crippen molar-refractivity contribution in [3.8, 4) is 0 Å². The number of hydrogen-bond acceptors (Lipinski definition) is 4. The Labute approximate surface area is 160 Å². The van der Waals surface area contributed by atoms with Gasteiger partial charge in [0.2, 0.25) is 5.91 Å². The molecule has 4 aliphatic rings. The van der Waals surface area contributed by atoms with Crippen LogP contribution in [0.2, 0.25) is 0 Å². The van der Waals surface area contributed by atoms with E-state index in [0.717, 1.165) is 31.4 Å². The number of fused-ring (bicyclic) bond motifs is 2. The average Bonchev–Trinajstić information content (AvgIpc) is 3.28. The van der Waals surface area contributed by atoms with Gasteiger partial charge >= 0.3 is 6.03 Å². The fraction of sp³-hybridized carbons (Fsp3) is 0.800. The fourth-order valence-corrected chi connectivity index (χ4v) is 5.69. The van der Waals surface area contributed by atoms with Crippen LogP contribution >= 0.6 is 0 Å². The van der Waals surface area contributed by atoms with Gasteiger partial charge in [-0.15, -0.1) is 0 Å². The summed E-state index contributed by atoms with van der Waals surface area (Å²) in [5, 5.41) is 7.28. The van der Waals surface area contributed by atoms with Crippen LogP contribution < -0.4 is 10.7 Å². The van der Waals surface area contributed by atoms with Crippen LogP contribution in [0.15, 0.2) is 5.10 Å². The minimum absolute atomic E-state index is 0.0462. The number of nitrogens with zero attached hydrogens (tertiary/aromatic N) is 2. The van der Waals surface area contributed by atoms with Gasteiger partial charge in [-0.3, -0.25) is 14.5 Å². The van der Waals surface area contributed by atoms with E-state index in [9.17, 15) is 14.4 Å². The summed E-state index contributed by atoms with van der Waals surface area (Å²) in [6.45, 7) is 6.95. The van der Waals surface area contributed by atoms with Crippen molar-refractivity contribution in [1.82, 2.24) is 15.6 Å². The molecule has 0 aromatic carbocycles. The second kappa shape index (κ2) is 6.04. The lowest BCUT2D eigenvalue weighted by Crippen LogP contribution is -2.44. The van der Waals surface area contributed by atoms with Gasteiger partial charge in [-0.2, -0.15) is 5.10 Å². The maximum Gasteiger partial charge on any atom is 0.325 e. The number of imide groups is 1. The molecule has 3 saturated carbocycles. The molecular formula is C20H30N4O3. The summed E-state index contributed by atoms with van der Waals surface area (Å²) < 4.78 is 0. The predicted molar refractivity (Wildman–Crippen MR) is 101 cm³/mol. The Morgan fingerprint density at radius 2 is 1.93 bits per heavy atom. The summed E-state index contributed by atoms with van der Waals surface area (Å²) in [7, 11) is 0. The Balaban J connectivity index is 1.33. The second-order valence-electron chi connectivity index (χ2n) is 9.51. The second-order valence-corrected chi connectivity index (χ2v) is 9.51. The van der Waals surface area contributed by atoms with Crippen LogP contribution in [-0.4, -0.2) is 40.5 Å². The van der Waals surface area contributed by atoms with Gasteiger partial charge in [0, 0.05) is 24.1 Å². The molecule has 4 fully saturated rings. The lowest BCUT2D eigenvalue weighted by atomic mass is 9.70. The first-order chi connectivity index (χ1) is 12.7. The smallest absolute Gasteiger partial charge is 0.323 e. The van der Waals surface area contributed by atoms with Gasteiger partial charge in [-0.25, -0.2) is 10.2 Å². The molecule has 0 aromatic rings. The van der Waals surface area contributed by atoms with E-state index in [0.29, 0.717) is 18.8 Å². The molecule has 4 amide bonds. The van der Waals surface area contributed by atoms with Crippen molar-refractivity contribution in [3.05, 3.63) is 0 Å². The van der Waals surface area contributed by atoms with E-state index in [1.54, 1.807) is 0 Å². The van der Waals surface area contributed by atoms with E-state index in [1.807, 2.05) is 0 Å². The molecule has 0 radical (unpaired) electrons. The molecule has 3 aliphatic carbocycles. The Bertz CT molecular complexity index is 723. The van der Waals surface area contributed by atoms with Crippen molar-refractivity contribution >= 4 is 23.6 Å². The molecule has 1 saturated heterocycles. The Morgan fingerprint density at radius 3 is 2.52 bits per heavy atom. The number of nitrogens with one attached hydrogen (secondary N) is 2. The third kappa shape index (κ3) is 2.61. The topological polar surface area (TPSA) is 90.9 Å². The van der Waals surface area contributed by atoms with Gasteiger partial charge in [0.15, 0.2) is 0 Å². The fourth-order valence-electron chi connectivity index (χ4n) is 5.69. The van der Waals surface area contributed by atoms with E-state index in [1.165, 1.54) is 11.3 Å². The molecule has 4 rings (SSSR count). The molecule has 27 heavy (non-hydrogen) atoms. The van der Waals surface area contributed by atoms with Gasteiger partial charge in [0.25, 0.3) is 5.91 Å². The molecule has 0 aromatic heterocycles. The van der Waals surface area contributed by atoms with Crippen LogP contribution in [0.1, 0.15) is 72.1 Å². The monoisotopic (exact) mass is 374 g/mol. The first-order valence-electron chi connectivity index (χ1n) is 10.2. The minimum Gasteiger partial charge on any atom is -0.323 e. The SMILES string of the molecule is CC1(C)[C@@H]2CC[C@]1(C)/C(=N/NC(=O)CCN1C(=O)NC3(CCCC3)C1=O)C2. The largest absolute Gasteiger partial charge is 0.325 e. The first kappa shape index (κ1) is 18.4. The molecule has 2 N–H and O–H groups in total. The zero-order chi connectivity index (χ0) is 19.4. The number of carbonyl (C=O) groups excluding carboxylic acids is 3. The van der Waals surface area contributed by atoms with Crippen molar-refractivity contribution in [3.63, 3.8) is 0 Å². The number of urea groups is 1. The maximum atomic E-state index is 12.6. The maximum absolute atomic E-state index is 12.6. The van der Waals surface area contributed by atoms with Gasteiger partial charge in [-0.1, -0.05) is 33.6 Å². The summed E-state index contributed by atoms with van der Waals surface area (Å²) in [4.78, 5) is 38.2. The van der Waals surface area contributed by atoms with E-state index in [4.69, 9.17) is 0 Å². The van der Waals surface area contributed by atoms with Crippen LogP contribution in [0.5, 0.6) is 0 Å². The van der Waals surface area contributed by atoms with Crippen LogP contribution in [0, 0.1) is 16.7 Å². The van der Waals surface area contributed by atoms with Gasteiger partial charge < -0.3 is 5.32 Å². The van der Waals surface area contributed by atoms with Crippen molar-refractivity contribution < 1.29 is 14.4 Å². The molecular weight excluding hydrogens is 344 g/mol. The number of rotatable bonds is 4. The zero-order valence-corrected chi connectivity index (χ0v) is 16.6. The summed E-state index contributed by atoms with van der Waals surface area (Å²) >= 11 is 0. The summed E-state index contributed by atoms with van der Waals surface area (Å²) in [5.74, 6) is 0.206. The number of carbonyl (C=O) groups is 3. The molecule has 1 heterocycles. The van der Waals surface area contributed by atoms with Gasteiger partial charge in [0.05, 0.1) is 0 Å². The molecule has 0 unspecified atom stereocenters. The van der Waals surface area contributed by atoms with E-state index >= 15 is 0 Å². The predicted octanol–water partition coefficient (Wildman–Crippen LogP) is 2.56. The third-order valence-corrected chi connectivity index (χ3v) is 8.09. The van der Waals surface area contributed by atoms with Crippen molar-refractivity contribution in [1.29, 1.82) is 0 Å². The summed E-state index contributed by atoms with van der Waals surface area (Å²) in [5.41, 5.74) is 3.30. The highest BCUT2D eigenvalue weighted by Crippen LogP contribution is 2.63. The Kier molecular flexibility index (Phi) is 4.13. The standard InChI is InChI=1S/C20H30N4O3/c1-18(2)13-6-10-19(18,3)14(12-13)22-23-15(25)7-11-24-16(26)20(21-17(24)27)8-4-5-9-20/h13H,4-12H2,1-3H3,(H,21,27)(H,23,25)/b22-14+/t13-,19-/m1/s1. The normalized spacial score (nSPS) is 34.7. The highest BCUT2D eigenvalue weighted by molar-refractivity contribution is 6.07. The highest BCUT2D eigenvalue weighted by Gasteiger charge is 2.60. The van der Waals surface area contributed by atoms with E-state index < -0.39 is 5.54 Å². The summed E-state index contributed by atoms with van der Waals surface area (Å²) in [6, 6.07) is -0.372. The zero-order valence-electron chi connectivity index (χ0n) is 16.6. The summed E-state index contributed by atoms with van der Waals surface area (Å²) in [6.07, 6.45) is 6.66. The Morgan fingerprint density at radius 1 is 1.22 bits per heavy atom. The Hall–Kier alpha value is -1.92. The first-order valence-corrected chi connectivity index (χ1v) is 10.2. The lowest BCUT2D eigenvalue weighted by molar-refractivity contribution is -0.131. The van der Waals surface area contributed by atoms with Crippen LogP contribution in [0.4, 0.5) is 4.79 Å². The van der Waals surface area contributed by atoms with Gasteiger partial charge in [-0.05, 0) is 43.4 Å². The number of hydrogen-bond donors (Lipinski definition) is 2. The molecule has 1 spiro atoms. The molecule has 2 atom stereocenters. The molecule has 7 nitrogen and oxygen atoms in total. The molecule has 2 bridgehead atoms.